The molecule has 0 saturated carbocycles. The Morgan fingerprint density at radius 2 is 1.47 bits per heavy atom. The number of hydrogen-bond donors (Lipinski definition) is 1. The van der Waals surface area contributed by atoms with Crippen LogP contribution in [0.4, 0.5) is 5.69 Å². The minimum Gasteiger partial charge on any atom is -0.355 e. The third kappa shape index (κ3) is 7.63. The van der Waals surface area contributed by atoms with Gasteiger partial charge in [-0.2, -0.15) is 0 Å². The van der Waals surface area contributed by atoms with Crippen LogP contribution in [0.5, 0.6) is 0 Å². The Kier molecular flexibility index (Phi) is 10.6. The molecule has 0 saturated heterocycles. The molecule has 0 fully saturated rings. The normalized spacial score (nSPS) is 11.9. The van der Waals surface area contributed by atoms with Crippen molar-refractivity contribution in [3.8, 4) is 0 Å². The highest BCUT2D eigenvalue weighted by Crippen LogP contribution is 2.31. The lowest BCUT2D eigenvalue weighted by atomic mass is 10.0. The van der Waals surface area contributed by atoms with Crippen molar-refractivity contribution < 1.29 is 18.0 Å². The average molecular weight is 618 g/mol. The van der Waals surface area contributed by atoms with E-state index in [9.17, 15) is 18.0 Å². The molecule has 4 aromatic rings. The molecule has 0 aliphatic rings. The third-order valence-corrected chi connectivity index (χ3v) is 9.53. The number of carbonyl (C=O) groups excluding carboxylic acids is 2. The Bertz CT molecular complexity index is 1660. The SMILES string of the molecule is CCNC(=O)[C@H](Cc1ccccc1)N(Cc1ccccc1C)C(=O)CN(c1cccc(Cl)c1C)S(=O)(=O)c1ccccc1. The zero-order chi connectivity index (χ0) is 31.0. The summed E-state index contributed by atoms with van der Waals surface area (Å²) in [6, 6.07) is 29.1. The molecular weight excluding hydrogens is 582 g/mol. The molecule has 0 bridgehead atoms. The second-order valence-corrected chi connectivity index (χ2v) is 12.5. The Labute approximate surface area is 259 Å². The van der Waals surface area contributed by atoms with Gasteiger partial charge in [-0.3, -0.25) is 13.9 Å². The molecule has 0 unspecified atom stereocenters. The van der Waals surface area contributed by atoms with Gasteiger partial charge in [-0.05, 0) is 67.3 Å². The van der Waals surface area contributed by atoms with E-state index in [0.717, 1.165) is 21.0 Å². The fourth-order valence-corrected chi connectivity index (χ4v) is 6.58. The van der Waals surface area contributed by atoms with Crippen molar-refractivity contribution in [2.75, 3.05) is 17.4 Å². The van der Waals surface area contributed by atoms with Crippen molar-refractivity contribution in [1.82, 2.24) is 10.2 Å². The van der Waals surface area contributed by atoms with E-state index in [1.807, 2.05) is 68.4 Å². The lowest BCUT2D eigenvalue weighted by Gasteiger charge is -2.34. The summed E-state index contributed by atoms with van der Waals surface area (Å²) >= 11 is 6.43. The maximum atomic E-state index is 14.5. The predicted molar refractivity (Wildman–Crippen MR) is 172 cm³/mol. The van der Waals surface area contributed by atoms with Gasteiger partial charge in [0.15, 0.2) is 0 Å². The van der Waals surface area contributed by atoms with Gasteiger partial charge in [-0.1, -0.05) is 90.5 Å². The Morgan fingerprint density at radius 3 is 2.12 bits per heavy atom. The standard InChI is InChI=1S/C34H36ClN3O4S/c1-4-36-34(40)32(22-27-15-7-5-8-16-27)37(23-28-17-12-11-14-25(28)2)33(39)24-38(31-21-13-20-30(35)26(31)3)43(41,42)29-18-9-6-10-19-29/h5-21,32H,4,22-24H2,1-3H3,(H,36,40)/t32-/m0/s1. The first-order chi connectivity index (χ1) is 20.6. The van der Waals surface area contributed by atoms with Gasteiger partial charge in [0.25, 0.3) is 10.0 Å². The minimum atomic E-state index is -4.19. The molecule has 0 spiro atoms. The topological polar surface area (TPSA) is 86.8 Å². The van der Waals surface area contributed by atoms with Crippen LogP contribution in [0.1, 0.15) is 29.2 Å². The molecule has 43 heavy (non-hydrogen) atoms. The molecule has 4 rings (SSSR count). The van der Waals surface area contributed by atoms with Gasteiger partial charge in [0.05, 0.1) is 10.6 Å². The minimum absolute atomic E-state index is 0.0391. The summed E-state index contributed by atoms with van der Waals surface area (Å²) in [4.78, 5) is 29.6. The van der Waals surface area contributed by atoms with E-state index in [4.69, 9.17) is 11.6 Å². The van der Waals surface area contributed by atoms with Gasteiger partial charge in [0.2, 0.25) is 11.8 Å². The molecule has 7 nitrogen and oxygen atoms in total. The summed E-state index contributed by atoms with van der Waals surface area (Å²) in [6.07, 6.45) is 0.256. The third-order valence-electron chi connectivity index (χ3n) is 7.34. The first kappa shape index (κ1) is 31.8. The fraction of sp³-hybridized carbons (Fsp3) is 0.235. The van der Waals surface area contributed by atoms with Crippen LogP contribution in [0.25, 0.3) is 0 Å². The number of carbonyl (C=O) groups is 2. The van der Waals surface area contributed by atoms with Gasteiger partial charge < -0.3 is 10.2 Å². The average Bonchev–Trinajstić information content (AvgIpc) is 3.01. The van der Waals surface area contributed by atoms with Crippen molar-refractivity contribution in [3.63, 3.8) is 0 Å². The van der Waals surface area contributed by atoms with Gasteiger partial charge in [-0.15, -0.1) is 0 Å². The van der Waals surface area contributed by atoms with Crippen LogP contribution >= 0.6 is 11.6 Å². The van der Waals surface area contributed by atoms with Crippen LogP contribution in [0, 0.1) is 13.8 Å². The second kappa shape index (κ2) is 14.4. The van der Waals surface area contributed by atoms with E-state index in [1.54, 1.807) is 43.3 Å². The number of halogens is 1. The predicted octanol–water partition coefficient (Wildman–Crippen LogP) is 5.93. The highest BCUT2D eigenvalue weighted by Gasteiger charge is 2.35. The largest absolute Gasteiger partial charge is 0.355 e. The molecule has 224 valence electrons. The van der Waals surface area contributed by atoms with Gasteiger partial charge in [0.1, 0.15) is 12.6 Å². The van der Waals surface area contributed by atoms with E-state index in [-0.39, 0.29) is 29.5 Å². The maximum Gasteiger partial charge on any atom is 0.264 e. The van der Waals surface area contributed by atoms with Crippen LogP contribution in [-0.4, -0.2) is 44.3 Å². The highest BCUT2D eigenvalue weighted by atomic mass is 35.5. The van der Waals surface area contributed by atoms with Crippen molar-refractivity contribution >= 4 is 39.1 Å². The number of sulfonamides is 1. The summed E-state index contributed by atoms with van der Waals surface area (Å²) in [5.41, 5.74) is 3.49. The number of hydrogen-bond acceptors (Lipinski definition) is 4. The number of aryl methyl sites for hydroxylation is 1. The zero-order valence-electron chi connectivity index (χ0n) is 24.5. The molecule has 0 heterocycles. The first-order valence-electron chi connectivity index (χ1n) is 14.1. The van der Waals surface area contributed by atoms with Crippen molar-refractivity contribution in [3.05, 3.63) is 130 Å². The van der Waals surface area contributed by atoms with Crippen LogP contribution in [0.2, 0.25) is 5.02 Å². The first-order valence-corrected chi connectivity index (χ1v) is 15.9. The molecule has 4 aromatic carbocycles. The summed E-state index contributed by atoms with van der Waals surface area (Å²) < 4.78 is 29.3. The van der Waals surface area contributed by atoms with E-state index in [1.165, 1.54) is 17.0 Å². The van der Waals surface area contributed by atoms with Crippen molar-refractivity contribution in [2.45, 2.75) is 44.7 Å². The smallest absolute Gasteiger partial charge is 0.264 e. The van der Waals surface area contributed by atoms with Crippen LogP contribution in [0.15, 0.2) is 108 Å². The lowest BCUT2D eigenvalue weighted by molar-refractivity contribution is -0.140. The molecule has 2 amide bonds. The number of nitrogens with one attached hydrogen (secondary N) is 1. The molecule has 1 atom stereocenters. The molecule has 0 radical (unpaired) electrons. The zero-order valence-corrected chi connectivity index (χ0v) is 26.1. The Morgan fingerprint density at radius 1 is 0.837 bits per heavy atom. The molecule has 1 N–H and O–H groups in total. The number of nitrogens with zero attached hydrogens (tertiary/aromatic N) is 2. The van der Waals surface area contributed by atoms with Crippen LogP contribution in [-0.2, 0) is 32.6 Å². The maximum absolute atomic E-state index is 14.5. The molecule has 0 aromatic heterocycles. The monoisotopic (exact) mass is 617 g/mol. The summed E-state index contributed by atoms with van der Waals surface area (Å²) in [7, 11) is -4.19. The number of benzene rings is 4. The fourth-order valence-electron chi connectivity index (χ4n) is 4.92. The van der Waals surface area contributed by atoms with E-state index in [2.05, 4.69) is 5.32 Å². The van der Waals surface area contributed by atoms with Gasteiger partial charge in [0, 0.05) is 24.5 Å². The van der Waals surface area contributed by atoms with Gasteiger partial charge in [-0.25, -0.2) is 8.42 Å². The Hall–Kier alpha value is -4.14. The number of likely N-dealkylation sites (N-methyl/N-ethyl adjacent to an activating group) is 1. The number of anilines is 1. The Balaban J connectivity index is 1.83. The highest BCUT2D eigenvalue weighted by molar-refractivity contribution is 7.92. The summed E-state index contributed by atoms with van der Waals surface area (Å²) in [5, 5.41) is 3.25. The molecule has 0 aliphatic heterocycles. The number of rotatable bonds is 12. The van der Waals surface area contributed by atoms with E-state index >= 15 is 0 Å². The molecule has 9 heteroatoms. The second-order valence-electron chi connectivity index (χ2n) is 10.3. The van der Waals surface area contributed by atoms with E-state index in [0.29, 0.717) is 17.1 Å². The molecule has 0 aliphatic carbocycles. The van der Waals surface area contributed by atoms with E-state index < -0.39 is 28.5 Å². The quantitative estimate of drug-likeness (QED) is 0.214. The van der Waals surface area contributed by atoms with Crippen molar-refractivity contribution in [2.24, 2.45) is 0 Å². The number of amides is 2. The lowest BCUT2D eigenvalue weighted by Crippen LogP contribution is -2.53. The summed E-state index contributed by atoms with van der Waals surface area (Å²) in [6.45, 7) is 5.45. The van der Waals surface area contributed by atoms with Crippen molar-refractivity contribution in [1.29, 1.82) is 0 Å². The van der Waals surface area contributed by atoms with Crippen LogP contribution in [0.3, 0.4) is 0 Å². The summed E-state index contributed by atoms with van der Waals surface area (Å²) in [5.74, 6) is -0.834. The van der Waals surface area contributed by atoms with Crippen LogP contribution < -0.4 is 9.62 Å². The molecular formula is C34H36ClN3O4S. The van der Waals surface area contributed by atoms with Gasteiger partial charge >= 0.3 is 0 Å².